The van der Waals surface area contributed by atoms with E-state index in [1.165, 1.54) is 19.1 Å². The number of ether oxygens (including phenoxy) is 1. The van der Waals surface area contributed by atoms with Crippen molar-refractivity contribution in [3.05, 3.63) is 64.4 Å². The molecule has 0 spiro atoms. The van der Waals surface area contributed by atoms with E-state index in [1.54, 1.807) is 24.3 Å². The van der Waals surface area contributed by atoms with Crippen molar-refractivity contribution in [3.63, 3.8) is 0 Å². The Labute approximate surface area is 161 Å². The minimum Gasteiger partial charge on any atom is -0.406 e. The fourth-order valence-corrected chi connectivity index (χ4v) is 2.63. The van der Waals surface area contributed by atoms with Gasteiger partial charge in [0.05, 0.1) is 5.39 Å². The number of alkyl halides is 3. The third-order valence-electron chi connectivity index (χ3n) is 3.96. The monoisotopic (exact) mass is 408 g/mol. The van der Waals surface area contributed by atoms with Crippen LogP contribution in [0.25, 0.3) is 10.9 Å². The molecule has 0 saturated heterocycles. The van der Waals surface area contributed by atoms with Crippen LogP contribution in [-0.2, 0) is 17.1 Å². The number of aromatic nitrogens is 3. The van der Waals surface area contributed by atoms with E-state index in [-0.39, 0.29) is 10.9 Å². The Balaban J connectivity index is 1.72. The quantitative estimate of drug-likeness (QED) is 0.622. The van der Waals surface area contributed by atoms with Crippen molar-refractivity contribution in [3.8, 4) is 5.75 Å². The normalized spacial score (nSPS) is 13.7. The zero-order chi connectivity index (χ0) is 21.2. The summed E-state index contributed by atoms with van der Waals surface area (Å²) in [6.07, 6.45) is -4.84. The van der Waals surface area contributed by atoms with E-state index >= 15 is 0 Å². The number of nitrogens with zero attached hydrogens (tertiary/aromatic N) is 3. The van der Waals surface area contributed by atoms with Crippen molar-refractivity contribution in [2.45, 2.75) is 25.6 Å². The van der Waals surface area contributed by atoms with E-state index in [0.29, 0.717) is 5.52 Å². The summed E-state index contributed by atoms with van der Waals surface area (Å²) in [5, 5.41) is 20.6. The maximum Gasteiger partial charge on any atom is 0.573 e. The molecule has 1 aromatic heterocycles. The number of aliphatic hydroxyl groups is 1. The van der Waals surface area contributed by atoms with Gasteiger partial charge < -0.3 is 15.2 Å². The Morgan fingerprint density at radius 2 is 1.83 bits per heavy atom. The van der Waals surface area contributed by atoms with Crippen molar-refractivity contribution < 1.29 is 27.8 Å². The van der Waals surface area contributed by atoms with Gasteiger partial charge in [0.1, 0.15) is 17.8 Å². The van der Waals surface area contributed by atoms with Crippen LogP contribution in [0.1, 0.15) is 12.5 Å². The van der Waals surface area contributed by atoms with Crippen molar-refractivity contribution in [1.82, 2.24) is 20.3 Å². The van der Waals surface area contributed by atoms with Gasteiger partial charge in [-0.25, -0.2) is 4.68 Å². The molecule has 11 heteroatoms. The Morgan fingerprint density at radius 3 is 2.48 bits per heavy atom. The molecule has 3 aromatic rings. The number of amides is 1. The first-order valence-corrected chi connectivity index (χ1v) is 8.27. The lowest BCUT2D eigenvalue weighted by Gasteiger charge is -2.25. The van der Waals surface area contributed by atoms with Gasteiger partial charge in [-0.15, -0.1) is 18.3 Å². The summed E-state index contributed by atoms with van der Waals surface area (Å²) >= 11 is 0. The number of fused-ring (bicyclic) bond motifs is 1. The van der Waals surface area contributed by atoms with Gasteiger partial charge in [-0.2, -0.15) is 0 Å². The highest BCUT2D eigenvalue weighted by atomic mass is 19.4. The van der Waals surface area contributed by atoms with Gasteiger partial charge >= 0.3 is 6.36 Å². The van der Waals surface area contributed by atoms with Gasteiger partial charge in [-0.05, 0) is 31.2 Å². The molecule has 0 radical (unpaired) electrons. The molecule has 1 heterocycles. The van der Waals surface area contributed by atoms with Crippen LogP contribution in [0.15, 0.2) is 53.3 Å². The number of hydrogen-bond donors (Lipinski definition) is 2. The van der Waals surface area contributed by atoms with Gasteiger partial charge in [0, 0.05) is 5.56 Å². The summed E-state index contributed by atoms with van der Waals surface area (Å²) in [4.78, 5) is 24.6. The molecule has 29 heavy (non-hydrogen) atoms. The lowest BCUT2D eigenvalue weighted by molar-refractivity contribution is -0.274. The average Bonchev–Trinajstić information content (AvgIpc) is 2.63. The fraction of sp³-hybridized carbons (Fsp3) is 0.222. The van der Waals surface area contributed by atoms with Gasteiger partial charge in [-0.3, -0.25) is 9.59 Å². The predicted molar refractivity (Wildman–Crippen MR) is 94.6 cm³/mol. The average molecular weight is 408 g/mol. The van der Waals surface area contributed by atoms with Crippen LogP contribution in [0.2, 0.25) is 0 Å². The third-order valence-corrected chi connectivity index (χ3v) is 3.96. The molecule has 1 atom stereocenters. The molecular weight excluding hydrogens is 393 g/mol. The smallest absolute Gasteiger partial charge is 0.406 e. The molecular formula is C18H15F3N4O4. The van der Waals surface area contributed by atoms with Crippen LogP contribution in [0.5, 0.6) is 5.75 Å². The Hall–Kier alpha value is -3.47. The van der Waals surface area contributed by atoms with E-state index < -0.39 is 35.8 Å². The molecule has 0 bridgehead atoms. The third kappa shape index (κ3) is 4.88. The van der Waals surface area contributed by atoms with E-state index in [2.05, 4.69) is 20.4 Å². The zero-order valence-electron chi connectivity index (χ0n) is 15.0. The number of halogens is 3. The molecule has 0 saturated carbocycles. The standard InChI is InChI=1S/C18H15F3N4O4/c1-17(28,11-6-8-12(9-7-11)29-18(19,20)21)22-15(26)10-25-16(27)13-4-2-3-5-14(13)23-24-25/h2-9,28H,10H2,1H3,(H,22,26). The SMILES string of the molecule is CC(O)(NC(=O)Cn1nnc2ccccc2c1=O)c1ccc(OC(F)(F)F)cc1. The topological polar surface area (TPSA) is 106 Å². The second kappa shape index (κ2) is 7.51. The number of hydrogen-bond acceptors (Lipinski definition) is 6. The molecule has 0 aliphatic heterocycles. The summed E-state index contributed by atoms with van der Waals surface area (Å²) in [6, 6.07) is 10.8. The van der Waals surface area contributed by atoms with Gasteiger partial charge in [0.15, 0.2) is 5.72 Å². The molecule has 8 nitrogen and oxygen atoms in total. The van der Waals surface area contributed by atoms with Crippen LogP contribution < -0.4 is 15.6 Å². The number of carbonyl (C=O) groups is 1. The van der Waals surface area contributed by atoms with E-state index in [1.807, 2.05) is 0 Å². The first-order valence-electron chi connectivity index (χ1n) is 8.27. The highest BCUT2D eigenvalue weighted by Gasteiger charge is 2.31. The molecule has 0 aliphatic rings. The fourth-order valence-electron chi connectivity index (χ4n) is 2.63. The van der Waals surface area contributed by atoms with Gasteiger partial charge in [-0.1, -0.05) is 29.5 Å². The maximum absolute atomic E-state index is 12.4. The lowest BCUT2D eigenvalue weighted by Crippen LogP contribution is -2.46. The molecule has 0 aliphatic carbocycles. The number of carbonyl (C=O) groups excluding carboxylic acids is 1. The summed E-state index contributed by atoms with van der Waals surface area (Å²) in [5.74, 6) is -1.22. The van der Waals surface area contributed by atoms with Crippen LogP contribution in [-0.4, -0.2) is 32.4 Å². The highest BCUT2D eigenvalue weighted by Crippen LogP contribution is 2.25. The first kappa shape index (κ1) is 20.3. The largest absolute Gasteiger partial charge is 0.573 e. The molecule has 2 aromatic carbocycles. The van der Waals surface area contributed by atoms with Crippen LogP contribution in [0.4, 0.5) is 13.2 Å². The Bertz CT molecular complexity index is 1090. The zero-order valence-corrected chi connectivity index (χ0v) is 15.0. The summed E-state index contributed by atoms with van der Waals surface area (Å²) < 4.78 is 41.2. The number of nitrogens with one attached hydrogen (secondary N) is 1. The molecule has 1 unspecified atom stereocenters. The summed E-state index contributed by atoms with van der Waals surface area (Å²) in [5.41, 5.74) is -1.96. The first-order chi connectivity index (χ1) is 13.5. The molecule has 152 valence electrons. The Morgan fingerprint density at radius 1 is 1.17 bits per heavy atom. The minimum atomic E-state index is -4.84. The van der Waals surface area contributed by atoms with Crippen molar-refractivity contribution in [1.29, 1.82) is 0 Å². The van der Waals surface area contributed by atoms with Crippen LogP contribution in [0, 0.1) is 0 Å². The molecule has 0 fully saturated rings. The summed E-state index contributed by atoms with van der Waals surface area (Å²) in [7, 11) is 0. The Kier molecular flexibility index (Phi) is 5.25. The molecule has 1 amide bonds. The second-order valence-corrected chi connectivity index (χ2v) is 6.26. The van der Waals surface area contributed by atoms with Crippen molar-refractivity contribution >= 4 is 16.8 Å². The van der Waals surface area contributed by atoms with Crippen LogP contribution >= 0.6 is 0 Å². The number of benzene rings is 2. The highest BCUT2D eigenvalue weighted by molar-refractivity contribution is 5.78. The van der Waals surface area contributed by atoms with E-state index in [4.69, 9.17) is 0 Å². The predicted octanol–water partition coefficient (Wildman–Crippen LogP) is 1.67. The molecule has 2 N–H and O–H groups in total. The van der Waals surface area contributed by atoms with Gasteiger partial charge in [0.2, 0.25) is 5.91 Å². The maximum atomic E-state index is 12.4. The number of rotatable bonds is 5. The second-order valence-electron chi connectivity index (χ2n) is 6.26. The molecule has 3 rings (SSSR count). The lowest BCUT2D eigenvalue weighted by atomic mass is 10.0. The van der Waals surface area contributed by atoms with E-state index in [0.717, 1.165) is 16.8 Å². The minimum absolute atomic E-state index is 0.109. The van der Waals surface area contributed by atoms with E-state index in [9.17, 15) is 27.9 Å². The van der Waals surface area contributed by atoms with Crippen molar-refractivity contribution in [2.75, 3.05) is 0 Å². The summed E-state index contributed by atoms with van der Waals surface area (Å²) in [6.45, 7) is 0.724. The van der Waals surface area contributed by atoms with Crippen LogP contribution in [0.3, 0.4) is 0 Å². The van der Waals surface area contributed by atoms with Crippen molar-refractivity contribution in [2.24, 2.45) is 0 Å². The van der Waals surface area contributed by atoms with Gasteiger partial charge in [0.25, 0.3) is 5.56 Å².